The molecular formula is C28H36N8O2. The Kier molecular flexibility index (Phi) is 9.44. The fourth-order valence-electron chi connectivity index (χ4n) is 4.07. The molecule has 0 aliphatic rings. The van der Waals surface area contributed by atoms with Gasteiger partial charge in [0, 0.05) is 30.8 Å². The lowest BCUT2D eigenvalue weighted by Crippen LogP contribution is -2.20. The predicted molar refractivity (Wildman–Crippen MR) is 150 cm³/mol. The van der Waals surface area contributed by atoms with Gasteiger partial charge in [-0.15, -0.1) is 0 Å². The van der Waals surface area contributed by atoms with Crippen LogP contribution in [0.25, 0.3) is 11.1 Å². The maximum Gasteiger partial charge on any atom is 0.233 e. The summed E-state index contributed by atoms with van der Waals surface area (Å²) in [5.74, 6) is 1.41. The zero-order valence-corrected chi connectivity index (χ0v) is 22.0. The van der Waals surface area contributed by atoms with Gasteiger partial charge in [0.2, 0.25) is 23.8 Å². The fourth-order valence-corrected chi connectivity index (χ4v) is 4.07. The number of benzene rings is 2. The van der Waals surface area contributed by atoms with Crippen LogP contribution >= 0.6 is 0 Å². The van der Waals surface area contributed by atoms with E-state index in [2.05, 4.69) is 54.9 Å². The highest BCUT2D eigenvalue weighted by Crippen LogP contribution is 2.22. The number of oxazole rings is 1. The summed E-state index contributed by atoms with van der Waals surface area (Å²) in [5.41, 5.74) is 8.85. The summed E-state index contributed by atoms with van der Waals surface area (Å²) < 4.78 is 5.42. The number of nitrogens with zero attached hydrogens (tertiary/aromatic N) is 4. The molecule has 2 aromatic carbocycles. The third kappa shape index (κ3) is 7.89. The highest BCUT2D eigenvalue weighted by molar-refractivity contribution is 5.78. The van der Waals surface area contributed by atoms with Crippen molar-refractivity contribution in [3.8, 4) is 0 Å². The molecule has 2 heterocycles. The van der Waals surface area contributed by atoms with E-state index in [-0.39, 0.29) is 17.7 Å². The number of nitrogens with two attached hydrogens (primary N) is 1. The van der Waals surface area contributed by atoms with E-state index in [9.17, 15) is 4.79 Å². The predicted octanol–water partition coefficient (Wildman–Crippen LogP) is 5.46. The number of aromatic nitrogens is 4. The van der Waals surface area contributed by atoms with Crippen LogP contribution in [0.2, 0.25) is 0 Å². The van der Waals surface area contributed by atoms with Gasteiger partial charge in [-0.1, -0.05) is 63.4 Å². The second-order valence-corrected chi connectivity index (χ2v) is 9.59. The molecule has 0 fully saturated rings. The Bertz CT molecular complexity index is 1310. The third-order valence-electron chi connectivity index (χ3n) is 6.49. The van der Waals surface area contributed by atoms with Gasteiger partial charge in [0.25, 0.3) is 0 Å². The van der Waals surface area contributed by atoms with Crippen LogP contribution in [-0.2, 0) is 4.79 Å². The van der Waals surface area contributed by atoms with Gasteiger partial charge in [-0.05, 0) is 36.5 Å². The van der Waals surface area contributed by atoms with Gasteiger partial charge in [0.1, 0.15) is 5.52 Å². The lowest BCUT2D eigenvalue weighted by molar-refractivity contribution is -0.121. The van der Waals surface area contributed by atoms with Crippen molar-refractivity contribution in [2.45, 2.75) is 51.9 Å². The molecule has 0 aliphatic heterocycles. The van der Waals surface area contributed by atoms with Crippen LogP contribution < -0.4 is 21.7 Å². The third-order valence-corrected chi connectivity index (χ3v) is 6.49. The molecule has 0 aliphatic carbocycles. The number of unbranched alkanes of at least 4 members (excludes halogenated alkanes) is 3. The molecule has 2 unspecified atom stereocenters. The number of nitrogens with one attached hydrogen (secondary N) is 3. The Morgan fingerprint density at radius 3 is 2.45 bits per heavy atom. The van der Waals surface area contributed by atoms with E-state index >= 15 is 0 Å². The van der Waals surface area contributed by atoms with Crippen LogP contribution in [-0.4, -0.2) is 38.9 Å². The molecule has 38 heavy (non-hydrogen) atoms. The minimum absolute atomic E-state index is 0.0652. The van der Waals surface area contributed by atoms with Crippen molar-refractivity contribution in [3.63, 3.8) is 0 Å². The molecule has 4 aromatic rings. The van der Waals surface area contributed by atoms with E-state index in [1.54, 1.807) is 0 Å². The molecule has 0 radical (unpaired) electrons. The van der Waals surface area contributed by atoms with Crippen molar-refractivity contribution in [3.05, 3.63) is 60.5 Å². The second kappa shape index (κ2) is 13.4. The van der Waals surface area contributed by atoms with Crippen LogP contribution in [0, 0.1) is 5.92 Å². The largest absolute Gasteiger partial charge is 0.443 e. The van der Waals surface area contributed by atoms with Crippen LogP contribution in [0.3, 0.4) is 0 Å². The van der Waals surface area contributed by atoms with E-state index < -0.39 is 0 Å². The maximum atomic E-state index is 11.2. The maximum absolute atomic E-state index is 11.2. The van der Waals surface area contributed by atoms with Crippen molar-refractivity contribution < 1.29 is 9.21 Å². The minimum Gasteiger partial charge on any atom is -0.443 e. The number of carbonyl (C=O) groups is 1. The Morgan fingerprint density at radius 2 is 1.66 bits per heavy atom. The first-order valence-corrected chi connectivity index (χ1v) is 13.2. The molecule has 2 atom stereocenters. The van der Waals surface area contributed by atoms with Gasteiger partial charge in [0.05, 0.1) is 0 Å². The minimum atomic E-state index is -0.228. The first kappa shape index (κ1) is 26.8. The number of rotatable bonds is 15. The van der Waals surface area contributed by atoms with Crippen molar-refractivity contribution >= 4 is 40.5 Å². The normalized spacial score (nSPS) is 12.7. The Morgan fingerprint density at radius 1 is 0.921 bits per heavy atom. The number of hydrogen-bond donors (Lipinski definition) is 4. The van der Waals surface area contributed by atoms with E-state index in [1.807, 2.05) is 43.3 Å². The second-order valence-electron chi connectivity index (χ2n) is 9.59. The first-order valence-electron chi connectivity index (χ1n) is 13.2. The smallest absolute Gasteiger partial charge is 0.233 e. The number of amides is 1. The Labute approximate surface area is 222 Å². The summed E-state index contributed by atoms with van der Waals surface area (Å²) in [6.07, 6.45) is 6.32. The average molecular weight is 517 g/mol. The van der Waals surface area contributed by atoms with Crippen molar-refractivity contribution in [1.29, 1.82) is 0 Å². The summed E-state index contributed by atoms with van der Waals surface area (Å²) >= 11 is 0. The topological polar surface area (TPSA) is 144 Å². The standard InChI is InChI=1S/C28H36N8O2/c1-19(25(29)37)10-6-3-4-9-15-30-26-34-27(31-17-20(2)21-11-7-5-8-12-21)36-28(35-26)33-22-13-14-23-24(16-22)38-18-32-23/h5,7-8,11-14,16,18-20H,3-4,6,9-10,15,17H2,1-2H3,(H2,29,37)(H3,30,31,33,34,35,36). The first-order chi connectivity index (χ1) is 18.5. The van der Waals surface area contributed by atoms with E-state index in [1.165, 1.54) is 12.0 Å². The van der Waals surface area contributed by atoms with Gasteiger partial charge in [-0.2, -0.15) is 15.0 Å². The van der Waals surface area contributed by atoms with E-state index in [4.69, 9.17) is 10.2 Å². The fraction of sp³-hybridized carbons (Fsp3) is 0.393. The molecule has 4 rings (SSSR count). The van der Waals surface area contributed by atoms with Gasteiger partial charge in [-0.3, -0.25) is 4.79 Å². The number of fused-ring (bicyclic) bond motifs is 1. The monoisotopic (exact) mass is 516 g/mol. The lowest BCUT2D eigenvalue weighted by atomic mass is 10.0. The molecule has 10 nitrogen and oxygen atoms in total. The zero-order chi connectivity index (χ0) is 26.7. The summed E-state index contributed by atoms with van der Waals surface area (Å²) in [7, 11) is 0. The Hall–Kier alpha value is -4.21. The lowest BCUT2D eigenvalue weighted by Gasteiger charge is -2.15. The van der Waals surface area contributed by atoms with Crippen LogP contribution in [0.4, 0.5) is 23.5 Å². The molecule has 5 N–H and O–H groups in total. The molecule has 2 aromatic heterocycles. The summed E-state index contributed by atoms with van der Waals surface area (Å²) in [4.78, 5) is 29.1. The van der Waals surface area contributed by atoms with Crippen LogP contribution in [0.15, 0.2) is 59.3 Å². The molecule has 0 spiro atoms. The zero-order valence-electron chi connectivity index (χ0n) is 22.0. The average Bonchev–Trinajstić information content (AvgIpc) is 3.39. The quantitative estimate of drug-likeness (QED) is 0.151. The van der Waals surface area contributed by atoms with Gasteiger partial charge < -0.3 is 26.1 Å². The molecule has 0 bridgehead atoms. The van der Waals surface area contributed by atoms with Gasteiger partial charge in [-0.25, -0.2) is 4.98 Å². The highest BCUT2D eigenvalue weighted by atomic mass is 16.3. The van der Waals surface area contributed by atoms with Gasteiger partial charge in [0.15, 0.2) is 12.0 Å². The number of carbonyl (C=O) groups excluding carboxylic acids is 1. The van der Waals surface area contributed by atoms with Crippen molar-refractivity contribution in [2.24, 2.45) is 11.7 Å². The van der Waals surface area contributed by atoms with Crippen LogP contribution in [0.1, 0.15) is 57.4 Å². The molecular weight excluding hydrogens is 480 g/mol. The number of primary amides is 1. The highest BCUT2D eigenvalue weighted by Gasteiger charge is 2.11. The van der Waals surface area contributed by atoms with Crippen molar-refractivity contribution in [2.75, 3.05) is 29.0 Å². The summed E-state index contributed by atoms with van der Waals surface area (Å²) in [6.45, 7) is 5.46. The molecule has 0 saturated heterocycles. The number of hydrogen-bond acceptors (Lipinski definition) is 9. The number of anilines is 4. The van der Waals surface area contributed by atoms with Crippen LogP contribution in [0.5, 0.6) is 0 Å². The Balaban J connectivity index is 1.37. The summed E-state index contributed by atoms with van der Waals surface area (Å²) in [6, 6.07) is 16.0. The SMILES string of the molecule is CC(CCCCCCNc1nc(NCC(C)c2ccccc2)nc(Nc2ccc3ncoc3c2)n1)C(N)=O. The van der Waals surface area contributed by atoms with Crippen molar-refractivity contribution in [1.82, 2.24) is 19.9 Å². The molecule has 10 heteroatoms. The molecule has 1 amide bonds. The van der Waals surface area contributed by atoms with Gasteiger partial charge >= 0.3 is 0 Å². The molecule has 200 valence electrons. The summed E-state index contributed by atoms with van der Waals surface area (Å²) in [5, 5.41) is 9.95. The molecule has 0 saturated carbocycles. The van der Waals surface area contributed by atoms with E-state index in [0.29, 0.717) is 30.0 Å². The van der Waals surface area contributed by atoms with E-state index in [0.717, 1.165) is 49.9 Å².